The second-order valence-electron chi connectivity index (χ2n) is 3.34. The van der Waals surface area contributed by atoms with Crippen LogP contribution in [0.2, 0.25) is 4.34 Å². The molecule has 0 unspecified atom stereocenters. The Hall–Kier alpha value is -0.900. The van der Waals surface area contributed by atoms with E-state index < -0.39 is 16.2 Å². The van der Waals surface area contributed by atoms with Crippen LogP contribution in [-0.4, -0.2) is 27.2 Å². The number of methoxy groups -OCH3 is 1. The Balaban J connectivity index is 2.51. The Morgan fingerprint density at radius 1 is 1.58 bits per heavy atom. The maximum absolute atomic E-state index is 11.6. The number of hydrogen-bond acceptors (Lipinski definition) is 5. The molecule has 10 heteroatoms. The van der Waals surface area contributed by atoms with Gasteiger partial charge in [-0.3, -0.25) is 4.72 Å². The molecule has 0 amide bonds. The number of ether oxygens (including phenoxy) is 1. The number of nitrogens with one attached hydrogen (secondary N) is 1. The Morgan fingerprint density at radius 2 is 2.26 bits per heavy atom. The summed E-state index contributed by atoms with van der Waals surface area (Å²) in [5, 5.41) is 0. The number of hydrogen-bond donors (Lipinski definition) is 1. The highest BCUT2D eigenvalue weighted by molar-refractivity contribution is 9.10. The summed E-state index contributed by atoms with van der Waals surface area (Å²) < 4.78 is 34.2. The van der Waals surface area contributed by atoms with E-state index in [2.05, 4.69) is 25.1 Å². The van der Waals surface area contributed by atoms with Crippen LogP contribution in [0.4, 0.5) is 0 Å². The van der Waals surface area contributed by atoms with Crippen LogP contribution in [0.3, 0.4) is 0 Å². The van der Waals surface area contributed by atoms with Crippen LogP contribution < -0.4 is 4.72 Å². The van der Waals surface area contributed by atoms with Crippen LogP contribution in [0.15, 0.2) is 26.7 Å². The van der Waals surface area contributed by atoms with Crippen molar-refractivity contribution in [1.82, 2.24) is 4.72 Å². The van der Waals surface area contributed by atoms with Crippen molar-refractivity contribution < 1.29 is 17.9 Å². The Bertz CT molecular complexity index is 688. The zero-order valence-corrected chi connectivity index (χ0v) is 13.3. The SMILES string of the molecule is COC(=O)C1=CC(c2cc(Br)c(Cl)s2)=NS(=O)(=O)N1. The molecule has 0 saturated carbocycles. The number of nitrogens with zero attached hydrogens (tertiary/aromatic N) is 1. The molecule has 2 rings (SSSR count). The summed E-state index contributed by atoms with van der Waals surface area (Å²) >= 11 is 10.2. The third-order valence-electron chi connectivity index (χ3n) is 2.04. The van der Waals surface area contributed by atoms with E-state index in [9.17, 15) is 13.2 Å². The van der Waals surface area contributed by atoms with E-state index in [4.69, 9.17) is 11.6 Å². The van der Waals surface area contributed by atoms with Crippen LogP contribution in [0.25, 0.3) is 0 Å². The average Bonchev–Trinajstić information content (AvgIpc) is 2.66. The van der Waals surface area contributed by atoms with Gasteiger partial charge in [-0.25, -0.2) is 4.79 Å². The van der Waals surface area contributed by atoms with Gasteiger partial charge in [-0.2, -0.15) is 8.42 Å². The molecule has 2 heterocycles. The molecule has 1 aromatic heterocycles. The van der Waals surface area contributed by atoms with Gasteiger partial charge >= 0.3 is 16.2 Å². The van der Waals surface area contributed by atoms with Crippen molar-refractivity contribution >= 4 is 60.8 Å². The van der Waals surface area contributed by atoms with Gasteiger partial charge in [0, 0.05) is 4.47 Å². The van der Waals surface area contributed by atoms with Gasteiger partial charge in [0.1, 0.15) is 10.0 Å². The lowest BCUT2D eigenvalue weighted by molar-refractivity contribution is -0.136. The van der Waals surface area contributed by atoms with E-state index in [0.717, 1.165) is 18.4 Å². The highest BCUT2D eigenvalue weighted by Gasteiger charge is 2.25. The minimum Gasteiger partial charge on any atom is -0.464 e. The summed E-state index contributed by atoms with van der Waals surface area (Å²) in [6.07, 6.45) is 1.29. The predicted molar refractivity (Wildman–Crippen MR) is 75.7 cm³/mol. The zero-order valence-electron chi connectivity index (χ0n) is 9.31. The van der Waals surface area contributed by atoms with Gasteiger partial charge in [-0.15, -0.1) is 15.7 Å². The van der Waals surface area contributed by atoms with E-state index in [-0.39, 0.29) is 11.4 Å². The number of thiophene rings is 1. The number of rotatable bonds is 2. The Morgan fingerprint density at radius 3 is 2.79 bits per heavy atom. The lowest BCUT2D eigenvalue weighted by Crippen LogP contribution is -2.31. The highest BCUT2D eigenvalue weighted by Crippen LogP contribution is 2.33. The molecular weight excluding hydrogens is 380 g/mol. The molecule has 1 aromatic rings. The maximum Gasteiger partial charge on any atom is 0.355 e. The van der Waals surface area contributed by atoms with E-state index >= 15 is 0 Å². The van der Waals surface area contributed by atoms with Gasteiger partial charge in [0.2, 0.25) is 0 Å². The number of esters is 1. The smallest absolute Gasteiger partial charge is 0.355 e. The third kappa shape index (κ3) is 3.16. The Kier molecular flexibility index (Phi) is 4.00. The molecule has 19 heavy (non-hydrogen) atoms. The van der Waals surface area contributed by atoms with Crippen LogP contribution in [0.1, 0.15) is 4.88 Å². The first-order valence-corrected chi connectivity index (χ1v) is 8.13. The quantitative estimate of drug-likeness (QED) is 0.788. The van der Waals surface area contributed by atoms with Gasteiger partial charge < -0.3 is 4.74 Å². The molecule has 0 bridgehead atoms. The van der Waals surface area contributed by atoms with Gasteiger partial charge in [0.25, 0.3) is 0 Å². The minimum absolute atomic E-state index is 0.122. The molecule has 0 spiro atoms. The molecule has 102 valence electrons. The summed E-state index contributed by atoms with van der Waals surface area (Å²) in [4.78, 5) is 11.9. The van der Waals surface area contributed by atoms with Crippen molar-refractivity contribution in [3.8, 4) is 0 Å². The normalized spacial score (nSPS) is 17.2. The highest BCUT2D eigenvalue weighted by atomic mass is 79.9. The summed E-state index contributed by atoms with van der Waals surface area (Å²) in [6.45, 7) is 0. The van der Waals surface area contributed by atoms with Crippen LogP contribution in [-0.2, 0) is 19.7 Å². The molecule has 0 fully saturated rings. The van der Waals surface area contributed by atoms with Crippen LogP contribution in [0.5, 0.6) is 0 Å². The fourth-order valence-electron chi connectivity index (χ4n) is 1.28. The van der Waals surface area contributed by atoms with Gasteiger partial charge in [0.05, 0.1) is 17.7 Å². The molecule has 0 atom stereocenters. The topological polar surface area (TPSA) is 84.8 Å². The zero-order chi connectivity index (χ0) is 14.2. The molecule has 0 radical (unpaired) electrons. The van der Waals surface area contributed by atoms with Crippen LogP contribution in [0, 0.1) is 0 Å². The van der Waals surface area contributed by atoms with E-state index in [1.807, 2.05) is 4.72 Å². The summed E-state index contributed by atoms with van der Waals surface area (Å²) in [7, 11) is -2.82. The maximum atomic E-state index is 11.6. The fourth-order valence-corrected chi connectivity index (χ4v) is 3.88. The van der Waals surface area contributed by atoms with Crippen molar-refractivity contribution in [2.45, 2.75) is 0 Å². The monoisotopic (exact) mass is 384 g/mol. The largest absolute Gasteiger partial charge is 0.464 e. The number of carbonyl (C=O) groups excluding carboxylic acids is 1. The van der Waals surface area contributed by atoms with Crippen molar-refractivity contribution in [3.63, 3.8) is 0 Å². The molecule has 1 aliphatic rings. The first kappa shape index (κ1) is 14.5. The molecular formula is C9H6BrClN2O4S2. The van der Waals surface area contributed by atoms with E-state index in [1.165, 1.54) is 6.08 Å². The van der Waals surface area contributed by atoms with Crippen molar-refractivity contribution in [3.05, 3.63) is 31.5 Å². The van der Waals surface area contributed by atoms with Gasteiger partial charge in [0.15, 0.2) is 0 Å². The number of halogens is 2. The van der Waals surface area contributed by atoms with Crippen molar-refractivity contribution in [1.29, 1.82) is 0 Å². The van der Waals surface area contributed by atoms with Gasteiger partial charge in [-0.1, -0.05) is 11.6 Å². The molecule has 0 aromatic carbocycles. The predicted octanol–water partition coefficient (Wildman–Crippen LogP) is 1.86. The summed E-state index contributed by atoms with van der Waals surface area (Å²) in [5.74, 6) is -0.794. The second-order valence-corrected chi connectivity index (χ2v) is 7.18. The minimum atomic E-state index is -3.97. The molecule has 6 nitrogen and oxygen atoms in total. The average molecular weight is 386 g/mol. The van der Waals surface area contributed by atoms with Crippen LogP contribution >= 0.6 is 38.9 Å². The number of allylic oxidation sites excluding steroid dienone is 1. The lowest BCUT2D eigenvalue weighted by atomic mass is 10.2. The Labute approximate surface area is 126 Å². The standard InChI is InChI=1S/C9H6BrClN2O4S2/c1-17-9(14)6-3-5(12-19(15,16)13-6)7-2-4(10)8(11)18-7/h2-3,13H,1H3. The van der Waals surface area contributed by atoms with E-state index in [0.29, 0.717) is 13.7 Å². The molecule has 1 N–H and O–H groups in total. The van der Waals surface area contributed by atoms with Gasteiger partial charge in [-0.05, 0) is 28.1 Å². The lowest BCUT2D eigenvalue weighted by Gasteiger charge is -2.12. The molecule has 0 aliphatic carbocycles. The molecule has 0 saturated heterocycles. The first-order chi connectivity index (χ1) is 8.82. The van der Waals surface area contributed by atoms with Crippen molar-refractivity contribution in [2.75, 3.05) is 7.11 Å². The van der Waals surface area contributed by atoms with E-state index in [1.54, 1.807) is 6.07 Å². The molecule has 1 aliphatic heterocycles. The summed E-state index contributed by atoms with van der Waals surface area (Å²) in [6, 6.07) is 1.62. The summed E-state index contributed by atoms with van der Waals surface area (Å²) in [5.41, 5.74) is -0.0788. The van der Waals surface area contributed by atoms with Crippen molar-refractivity contribution in [2.24, 2.45) is 4.40 Å². The number of carbonyl (C=O) groups is 1. The fraction of sp³-hybridized carbons (Fsp3) is 0.111. The third-order valence-corrected chi connectivity index (χ3v) is 5.45. The second kappa shape index (κ2) is 5.23. The first-order valence-electron chi connectivity index (χ1n) is 4.70.